The maximum Gasteiger partial charge on any atom is 0.119 e. The van der Waals surface area contributed by atoms with Crippen LogP contribution in [0.1, 0.15) is 31.3 Å². The van der Waals surface area contributed by atoms with Crippen LogP contribution in [0.5, 0.6) is 5.75 Å². The van der Waals surface area contributed by atoms with Crippen molar-refractivity contribution in [2.45, 2.75) is 26.3 Å². The molecule has 1 unspecified atom stereocenters. The predicted molar refractivity (Wildman–Crippen MR) is 75.9 cm³/mol. The molecule has 0 radical (unpaired) electrons. The van der Waals surface area contributed by atoms with Gasteiger partial charge in [-0.25, -0.2) is 4.98 Å². The zero-order chi connectivity index (χ0) is 13.0. The highest BCUT2D eigenvalue weighted by Crippen LogP contribution is 2.27. The number of rotatable bonds is 5. The van der Waals surface area contributed by atoms with E-state index < -0.39 is 0 Å². The molecule has 2 rings (SSSR count). The Bertz CT molecular complexity index is 493. The van der Waals surface area contributed by atoms with Gasteiger partial charge in [0.1, 0.15) is 10.8 Å². The quantitative estimate of drug-likeness (QED) is 0.895. The Balaban J connectivity index is 2.18. The zero-order valence-corrected chi connectivity index (χ0v) is 11.5. The molecule has 0 bridgehead atoms. The monoisotopic (exact) mass is 262 g/mol. The molecular formula is C14H18N2OS. The minimum atomic E-state index is 0.0476. The summed E-state index contributed by atoms with van der Waals surface area (Å²) in [5.41, 5.74) is 8.07. The Morgan fingerprint density at radius 1 is 1.28 bits per heavy atom. The first-order valence-electron chi connectivity index (χ1n) is 6.18. The summed E-state index contributed by atoms with van der Waals surface area (Å²) in [7, 11) is 0. The summed E-state index contributed by atoms with van der Waals surface area (Å²) < 4.78 is 5.42. The first-order chi connectivity index (χ1) is 8.74. The lowest BCUT2D eigenvalue weighted by Gasteiger charge is -2.04. The van der Waals surface area contributed by atoms with Crippen molar-refractivity contribution >= 4 is 11.3 Å². The smallest absolute Gasteiger partial charge is 0.119 e. The Hall–Kier alpha value is -1.39. The molecule has 1 atom stereocenters. The highest BCUT2D eigenvalue weighted by molar-refractivity contribution is 7.10. The topological polar surface area (TPSA) is 48.1 Å². The number of ether oxygens (including phenoxy) is 1. The van der Waals surface area contributed by atoms with Gasteiger partial charge < -0.3 is 10.5 Å². The van der Waals surface area contributed by atoms with Crippen LogP contribution in [0.4, 0.5) is 0 Å². The molecule has 0 saturated carbocycles. The van der Waals surface area contributed by atoms with E-state index in [9.17, 15) is 0 Å². The average molecular weight is 262 g/mol. The van der Waals surface area contributed by atoms with Gasteiger partial charge >= 0.3 is 0 Å². The molecule has 96 valence electrons. The largest absolute Gasteiger partial charge is 0.494 e. The molecule has 0 spiro atoms. The van der Waals surface area contributed by atoms with Gasteiger partial charge in [-0.2, -0.15) is 0 Å². The van der Waals surface area contributed by atoms with E-state index in [1.54, 1.807) is 11.3 Å². The van der Waals surface area contributed by atoms with Crippen molar-refractivity contribution in [3.8, 4) is 17.0 Å². The fraction of sp³-hybridized carbons (Fsp3) is 0.357. The summed E-state index contributed by atoms with van der Waals surface area (Å²) in [4.78, 5) is 4.58. The van der Waals surface area contributed by atoms with Crippen molar-refractivity contribution in [2.24, 2.45) is 5.73 Å². The van der Waals surface area contributed by atoms with E-state index in [1.165, 1.54) is 0 Å². The third-order valence-electron chi connectivity index (χ3n) is 2.74. The summed E-state index contributed by atoms with van der Waals surface area (Å²) in [6.45, 7) is 4.74. The molecule has 2 aromatic rings. The van der Waals surface area contributed by atoms with Crippen molar-refractivity contribution in [1.82, 2.24) is 4.98 Å². The maximum absolute atomic E-state index is 5.98. The van der Waals surface area contributed by atoms with Crippen molar-refractivity contribution < 1.29 is 4.74 Å². The molecule has 2 N–H and O–H groups in total. The van der Waals surface area contributed by atoms with Crippen LogP contribution in [-0.4, -0.2) is 11.6 Å². The SMILES string of the molecule is CCOc1ccc(-c2csc(C(N)CC)n2)cc1. The number of thiazole rings is 1. The van der Waals surface area contributed by atoms with Crippen LogP contribution in [0, 0.1) is 0 Å². The van der Waals surface area contributed by atoms with Gasteiger partial charge in [0.2, 0.25) is 0 Å². The molecule has 0 fully saturated rings. The lowest BCUT2D eigenvalue weighted by atomic mass is 10.1. The third kappa shape index (κ3) is 2.89. The Labute approximate surface area is 112 Å². The van der Waals surface area contributed by atoms with Gasteiger partial charge in [-0.3, -0.25) is 0 Å². The minimum Gasteiger partial charge on any atom is -0.494 e. The predicted octanol–water partition coefficient (Wildman–Crippen LogP) is 3.62. The first kappa shape index (κ1) is 13.1. The van der Waals surface area contributed by atoms with Crippen molar-refractivity contribution in [3.05, 3.63) is 34.7 Å². The van der Waals surface area contributed by atoms with E-state index >= 15 is 0 Å². The van der Waals surface area contributed by atoms with E-state index in [-0.39, 0.29) is 6.04 Å². The molecule has 1 heterocycles. The second-order valence-electron chi connectivity index (χ2n) is 4.04. The van der Waals surface area contributed by atoms with Crippen molar-refractivity contribution in [3.63, 3.8) is 0 Å². The van der Waals surface area contributed by atoms with Gasteiger partial charge in [-0.05, 0) is 37.6 Å². The molecule has 0 aliphatic rings. The fourth-order valence-electron chi connectivity index (χ4n) is 1.65. The third-order valence-corrected chi connectivity index (χ3v) is 3.72. The highest BCUT2D eigenvalue weighted by atomic mass is 32.1. The van der Waals surface area contributed by atoms with Gasteiger partial charge in [-0.15, -0.1) is 11.3 Å². The van der Waals surface area contributed by atoms with Gasteiger partial charge in [0, 0.05) is 10.9 Å². The van der Waals surface area contributed by atoms with E-state index in [0.29, 0.717) is 6.61 Å². The lowest BCUT2D eigenvalue weighted by molar-refractivity contribution is 0.340. The van der Waals surface area contributed by atoms with Gasteiger partial charge in [0.05, 0.1) is 18.3 Å². The number of hydrogen-bond acceptors (Lipinski definition) is 4. The Morgan fingerprint density at radius 3 is 2.61 bits per heavy atom. The second kappa shape index (κ2) is 5.98. The van der Waals surface area contributed by atoms with Crippen molar-refractivity contribution in [1.29, 1.82) is 0 Å². The molecule has 0 amide bonds. The Kier molecular flexibility index (Phi) is 4.33. The number of benzene rings is 1. The van der Waals surface area contributed by atoms with Crippen LogP contribution in [0.3, 0.4) is 0 Å². The highest BCUT2D eigenvalue weighted by Gasteiger charge is 2.09. The Morgan fingerprint density at radius 2 is 2.00 bits per heavy atom. The molecule has 0 saturated heterocycles. The minimum absolute atomic E-state index is 0.0476. The number of nitrogens with two attached hydrogens (primary N) is 1. The molecule has 0 aliphatic heterocycles. The molecular weight excluding hydrogens is 244 g/mol. The summed E-state index contributed by atoms with van der Waals surface area (Å²) in [5, 5.41) is 3.06. The van der Waals surface area contributed by atoms with Crippen LogP contribution in [0.2, 0.25) is 0 Å². The van der Waals surface area contributed by atoms with E-state index in [0.717, 1.165) is 28.4 Å². The molecule has 0 aliphatic carbocycles. The zero-order valence-electron chi connectivity index (χ0n) is 10.7. The molecule has 18 heavy (non-hydrogen) atoms. The van der Waals surface area contributed by atoms with Gasteiger partial charge in [0.15, 0.2) is 0 Å². The van der Waals surface area contributed by atoms with Crippen LogP contribution in [-0.2, 0) is 0 Å². The first-order valence-corrected chi connectivity index (χ1v) is 7.06. The summed E-state index contributed by atoms with van der Waals surface area (Å²) in [5.74, 6) is 0.891. The van der Waals surface area contributed by atoms with E-state index in [2.05, 4.69) is 17.3 Å². The second-order valence-corrected chi connectivity index (χ2v) is 4.93. The van der Waals surface area contributed by atoms with E-state index in [4.69, 9.17) is 10.5 Å². The average Bonchev–Trinajstić information content (AvgIpc) is 2.89. The van der Waals surface area contributed by atoms with E-state index in [1.807, 2.05) is 31.2 Å². The molecule has 1 aromatic heterocycles. The van der Waals surface area contributed by atoms with Gasteiger partial charge in [-0.1, -0.05) is 6.92 Å². The molecule has 1 aromatic carbocycles. The number of aromatic nitrogens is 1. The molecule has 3 nitrogen and oxygen atoms in total. The normalized spacial score (nSPS) is 12.4. The number of hydrogen-bond donors (Lipinski definition) is 1. The fourth-order valence-corrected chi connectivity index (χ4v) is 2.57. The van der Waals surface area contributed by atoms with Crippen LogP contribution in [0.15, 0.2) is 29.6 Å². The van der Waals surface area contributed by atoms with Crippen LogP contribution in [0.25, 0.3) is 11.3 Å². The number of nitrogens with zero attached hydrogens (tertiary/aromatic N) is 1. The van der Waals surface area contributed by atoms with Gasteiger partial charge in [0.25, 0.3) is 0 Å². The maximum atomic E-state index is 5.98. The molecule has 4 heteroatoms. The summed E-state index contributed by atoms with van der Waals surface area (Å²) in [6, 6.07) is 8.05. The van der Waals surface area contributed by atoms with Crippen molar-refractivity contribution in [2.75, 3.05) is 6.61 Å². The lowest BCUT2D eigenvalue weighted by Crippen LogP contribution is -2.07. The van der Waals surface area contributed by atoms with Crippen LogP contribution >= 0.6 is 11.3 Å². The summed E-state index contributed by atoms with van der Waals surface area (Å²) in [6.07, 6.45) is 0.913. The standard InChI is InChI=1S/C14H18N2OS/c1-3-12(15)14-16-13(9-18-14)10-5-7-11(8-6-10)17-4-2/h5-9,12H,3-4,15H2,1-2H3. The summed E-state index contributed by atoms with van der Waals surface area (Å²) >= 11 is 1.62. The van der Waals surface area contributed by atoms with Crippen LogP contribution < -0.4 is 10.5 Å².